The summed E-state index contributed by atoms with van der Waals surface area (Å²) in [6.45, 7) is 0.746. The standard InChI is InChI=1S/C13H22N4O3/c1-17-9-4-5-10(17)12(11(18)8-9)13(19)20-7-3-2-6-15-16-14/h9-12,18H,2-8H2,1H3/t9?,10?,11?,12-/m1/s1. The first-order chi connectivity index (χ1) is 9.65. The van der Waals surface area contributed by atoms with Gasteiger partial charge in [-0.2, -0.15) is 0 Å². The van der Waals surface area contributed by atoms with E-state index in [0.717, 1.165) is 12.8 Å². The van der Waals surface area contributed by atoms with Crippen LogP contribution in [0.4, 0.5) is 0 Å². The summed E-state index contributed by atoms with van der Waals surface area (Å²) in [4.78, 5) is 17.0. The number of esters is 1. The summed E-state index contributed by atoms with van der Waals surface area (Å²) in [5.74, 6) is -0.714. The van der Waals surface area contributed by atoms with Crippen molar-refractivity contribution in [3.05, 3.63) is 10.4 Å². The van der Waals surface area contributed by atoms with Crippen LogP contribution in [0, 0.1) is 5.92 Å². The number of carbonyl (C=O) groups is 1. The lowest BCUT2D eigenvalue weighted by Gasteiger charge is -2.39. The zero-order chi connectivity index (χ0) is 14.5. The highest BCUT2D eigenvalue weighted by atomic mass is 16.5. The van der Waals surface area contributed by atoms with Gasteiger partial charge in [-0.3, -0.25) is 9.69 Å². The van der Waals surface area contributed by atoms with Crippen LogP contribution < -0.4 is 0 Å². The molecule has 0 aromatic carbocycles. The quantitative estimate of drug-likeness (QED) is 0.262. The number of nitrogens with zero attached hydrogens (tertiary/aromatic N) is 4. The molecule has 2 aliphatic heterocycles. The zero-order valence-corrected chi connectivity index (χ0v) is 11.8. The minimum atomic E-state index is -0.584. The Labute approximate surface area is 118 Å². The van der Waals surface area contributed by atoms with E-state index in [9.17, 15) is 9.90 Å². The fourth-order valence-electron chi connectivity index (χ4n) is 3.35. The van der Waals surface area contributed by atoms with Crippen LogP contribution in [-0.4, -0.2) is 54.4 Å². The Morgan fingerprint density at radius 2 is 2.30 bits per heavy atom. The number of rotatable bonds is 6. The number of fused-ring (bicyclic) bond motifs is 2. The molecule has 1 N–H and O–H groups in total. The van der Waals surface area contributed by atoms with Gasteiger partial charge in [0.1, 0.15) is 0 Å². The minimum absolute atomic E-state index is 0.111. The highest BCUT2D eigenvalue weighted by Gasteiger charge is 2.48. The molecule has 2 aliphatic rings. The van der Waals surface area contributed by atoms with E-state index >= 15 is 0 Å². The van der Waals surface area contributed by atoms with E-state index in [2.05, 4.69) is 14.9 Å². The fraction of sp³-hybridized carbons (Fsp3) is 0.923. The van der Waals surface area contributed by atoms with Crippen LogP contribution >= 0.6 is 0 Å². The molecule has 0 aliphatic carbocycles. The summed E-state index contributed by atoms with van der Waals surface area (Å²) < 4.78 is 5.27. The summed E-state index contributed by atoms with van der Waals surface area (Å²) in [6, 6.07) is 0.516. The largest absolute Gasteiger partial charge is 0.465 e. The molecule has 112 valence electrons. The maximum Gasteiger partial charge on any atom is 0.313 e. The van der Waals surface area contributed by atoms with Crippen molar-refractivity contribution in [3.63, 3.8) is 0 Å². The van der Waals surface area contributed by atoms with Crippen LogP contribution in [0.1, 0.15) is 32.1 Å². The molecule has 7 heteroatoms. The summed E-state index contributed by atoms with van der Waals surface area (Å²) in [6.07, 6.45) is 3.46. The smallest absolute Gasteiger partial charge is 0.313 e. The molecule has 0 spiro atoms. The van der Waals surface area contributed by atoms with Gasteiger partial charge >= 0.3 is 5.97 Å². The molecule has 0 saturated carbocycles. The second-order valence-corrected chi connectivity index (χ2v) is 5.62. The average molecular weight is 282 g/mol. The lowest BCUT2D eigenvalue weighted by molar-refractivity contribution is -0.159. The van der Waals surface area contributed by atoms with E-state index in [4.69, 9.17) is 10.3 Å². The molecule has 2 fully saturated rings. The van der Waals surface area contributed by atoms with E-state index < -0.39 is 12.0 Å². The molecule has 0 radical (unpaired) electrons. The molecule has 20 heavy (non-hydrogen) atoms. The van der Waals surface area contributed by atoms with Crippen LogP contribution in [0.3, 0.4) is 0 Å². The second kappa shape index (κ2) is 6.92. The number of aliphatic hydroxyl groups excluding tert-OH is 1. The predicted molar refractivity (Wildman–Crippen MR) is 72.9 cm³/mol. The number of ether oxygens (including phenoxy) is 1. The first-order valence-corrected chi connectivity index (χ1v) is 7.22. The van der Waals surface area contributed by atoms with Crippen LogP contribution in [0.5, 0.6) is 0 Å². The monoisotopic (exact) mass is 282 g/mol. The summed E-state index contributed by atoms with van der Waals surface area (Å²) in [5.41, 5.74) is 8.14. The second-order valence-electron chi connectivity index (χ2n) is 5.62. The zero-order valence-electron chi connectivity index (χ0n) is 11.8. The van der Waals surface area contributed by atoms with Crippen molar-refractivity contribution in [1.82, 2.24) is 4.90 Å². The van der Waals surface area contributed by atoms with Gasteiger partial charge in [0.2, 0.25) is 0 Å². The van der Waals surface area contributed by atoms with Crippen molar-refractivity contribution < 1.29 is 14.6 Å². The molecular formula is C13H22N4O3. The number of hydrogen-bond donors (Lipinski definition) is 1. The molecule has 0 amide bonds. The van der Waals surface area contributed by atoms with Crippen molar-refractivity contribution >= 4 is 5.97 Å². The number of unbranched alkanes of at least 4 members (excludes halogenated alkanes) is 1. The molecule has 2 rings (SSSR count). The number of aliphatic hydroxyl groups is 1. The van der Waals surface area contributed by atoms with Gasteiger partial charge in [0, 0.05) is 23.5 Å². The Bertz CT molecular complexity index is 397. The summed E-state index contributed by atoms with van der Waals surface area (Å²) in [7, 11) is 2.02. The maximum atomic E-state index is 12.1. The minimum Gasteiger partial charge on any atom is -0.465 e. The van der Waals surface area contributed by atoms with Crippen molar-refractivity contribution in [2.45, 2.75) is 50.3 Å². The molecule has 0 aromatic heterocycles. The Hall–Kier alpha value is -1.30. The first kappa shape index (κ1) is 15.1. The van der Waals surface area contributed by atoms with Gasteiger partial charge in [0.25, 0.3) is 0 Å². The Morgan fingerprint density at radius 3 is 3.05 bits per heavy atom. The van der Waals surface area contributed by atoms with Crippen molar-refractivity contribution in [1.29, 1.82) is 0 Å². The maximum absolute atomic E-state index is 12.1. The number of azide groups is 1. The topological polar surface area (TPSA) is 98.5 Å². The van der Waals surface area contributed by atoms with E-state index in [0.29, 0.717) is 38.5 Å². The number of carbonyl (C=O) groups excluding carboxylic acids is 1. The van der Waals surface area contributed by atoms with Crippen LogP contribution in [0.25, 0.3) is 10.4 Å². The molecular weight excluding hydrogens is 260 g/mol. The molecule has 0 aromatic rings. The van der Waals surface area contributed by atoms with E-state index in [1.807, 2.05) is 7.05 Å². The fourth-order valence-corrected chi connectivity index (χ4v) is 3.35. The number of hydrogen-bond acceptors (Lipinski definition) is 5. The first-order valence-electron chi connectivity index (χ1n) is 7.22. The molecule has 2 bridgehead atoms. The highest BCUT2D eigenvalue weighted by molar-refractivity contribution is 5.74. The third-order valence-corrected chi connectivity index (χ3v) is 4.47. The molecule has 7 nitrogen and oxygen atoms in total. The lowest BCUT2D eigenvalue weighted by atomic mass is 9.88. The van der Waals surface area contributed by atoms with Gasteiger partial charge in [0.15, 0.2) is 0 Å². The molecule has 2 heterocycles. The molecule has 4 atom stereocenters. The van der Waals surface area contributed by atoms with Crippen molar-refractivity contribution in [2.75, 3.05) is 20.2 Å². The number of piperidine rings is 1. The summed E-state index contributed by atoms with van der Waals surface area (Å²) in [5, 5.41) is 13.6. The molecule has 3 unspecified atom stereocenters. The lowest BCUT2D eigenvalue weighted by Crippen LogP contribution is -2.52. The Balaban J connectivity index is 1.78. The Morgan fingerprint density at radius 1 is 1.50 bits per heavy atom. The van der Waals surface area contributed by atoms with Crippen molar-refractivity contribution in [3.8, 4) is 0 Å². The SMILES string of the molecule is CN1C2CCC1[C@@H](C(=O)OCCCCN=[N+]=[N-])C(O)C2. The van der Waals surface area contributed by atoms with Gasteiger partial charge in [-0.05, 0) is 44.7 Å². The van der Waals surface area contributed by atoms with Gasteiger partial charge in [0.05, 0.1) is 18.6 Å². The van der Waals surface area contributed by atoms with Gasteiger partial charge in [-0.15, -0.1) is 0 Å². The average Bonchev–Trinajstić information content (AvgIpc) is 2.67. The van der Waals surface area contributed by atoms with Crippen LogP contribution in [-0.2, 0) is 9.53 Å². The van der Waals surface area contributed by atoms with Crippen molar-refractivity contribution in [2.24, 2.45) is 11.0 Å². The third-order valence-electron chi connectivity index (χ3n) is 4.47. The summed E-state index contributed by atoms with van der Waals surface area (Å²) >= 11 is 0. The van der Waals surface area contributed by atoms with Crippen LogP contribution in [0.2, 0.25) is 0 Å². The van der Waals surface area contributed by atoms with Gasteiger partial charge in [-0.25, -0.2) is 0 Å². The Kier molecular flexibility index (Phi) is 5.23. The van der Waals surface area contributed by atoms with Gasteiger partial charge in [-0.1, -0.05) is 5.11 Å². The van der Waals surface area contributed by atoms with E-state index in [-0.39, 0.29) is 12.0 Å². The van der Waals surface area contributed by atoms with E-state index in [1.54, 1.807) is 0 Å². The van der Waals surface area contributed by atoms with Crippen LogP contribution in [0.15, 0.2) is 5.11 Å². The van der Waals surface area contributed by atoms with Gasteiger partial charge < -0.3 is 9.84 Å². The van der Waals surface area contributed by atoms with E-state index in [1.165, 1.54) is 0 Å². The molecule has 2 saturated heterocycles. The predicted octanol–water partition coefficient (Wildman–Crippen LogP) is 1.46. The highest BCUT2D eigenvalue weighted by Crippen LogP contribution is 2.38. The normalized spacial score (nSPS) is 32.7. The third kappa shape index (κ3) is 3.23.